The average molecular weight is 321 g/mol. The maximum absolute atomic E-state index is 12.7. The predicted molar refractivity (Wildman–Crippen MR) is 99.5 cm³/mol. The Bertz CT molecular complexity index is 748. The summed E-state index contributed by atoms with van der Waals surface area (Å²) in [6, 6.07) is 12.7. The summed E-state index contributed by atoms with van der Waals surface area (Å²) in [6.45, 7) is 6.36. The van der Waals surface area contributed by atoms with Gasteiger partial charge in [0.15, 0.2) is 0 Å². The van der Waals surface area contributed by atoms with E-state index in [1.807, 2.05) is 6.07 Å². The van der Waals surface area contributed by atoms with Crippen molar-refractivity contribution in [2.24, 2.45) is 0 Å². The molecule has 0 saturated carbocycles. The lowest BCUT2D eigenvalue weighted by Crippen LogP contribution is -2.28. The highest BCUT2D eigenvalue weighted by Crippen LogP contribution is 2.24. The Kier molecular flexibility index (Phi) is 5.03. The fourth-order valence-corrected chi connectivity index (χ4v) is 3.52. The van der Waals surface area contributed by atoms with Gasteiger partial charge in [-0.2, -0.15) is 0 Å². The highest BCUT2D eigenvalue weighted by Gasteiger charge is 2.17. The molecule has 1 atom stereocenters. The van der Waals surface area contributed by atoms with Crippen molar-refractivity contribution in [1.82, 2.24) is 5.32 Å². The smallest absolute Gasteiger partial charge is 0.251 e. The van der Waals surface area contributed by atoms with Crippen molar-refractivity contribution in [3.63, 3.8) is 0 Å². The van der Waals surface area contributed by atoms with E-state index in [4.69, 9.17) is 0 Å². The summed E-state index contributed by atoms with van der Waals surface area (Å²) in [4.78, 5) is 12.7. The lowest BCUT2D eigenvalue weighted by Gasteiger charge is -2.20. The fraction of sp³-hybridized carbons (Fsp3) is 0.409. The minimum absolute atomic E-state index is 0.0356. The third kappa shape index (κ3) is 3.53. The van der Waals surface area contributed by atoms with Crippen LogP contribution in [0.5, 0.6) is 0 Å². The van der Waals surface area contributed by atoms with Crippen LogP contribution in [0, 0.1) is 13.8 Å². The molecule has 0 spiro atoms. The third-order valence-electron chi connectivity index (χ3n) is 5.26. The first-order chi connectivity index (χ1) is 11.6. The minimum Gasteiger partial charge on any atom is -0.345 e. The maximum atomic E-state index is 12.7. The van der Waals surface area contributed by atoms with Crippen LogP contribution in [0.25, 0.3) is 0 Å². The Morgan fingerprint density at radius 1 is 1.00 bits per heavy atom. The molecule has 0 fully saturated rings. The van der Waals surface area contributed by atoms with Crippen LogP contribution >= 0.6 is 0 Å². The first kappa shape index (κ1) is 16.8. The molecule has 2 heteroatoms. The monoisotopic (exact) mass is 321 g/mol. The van der Waals surface area contributed by atoms with Gasteiger partial charge in [-0.1, -0.05) is 31.2 Å². The zero-order valence-electron chi connectivity index (χ0n) is 15.0. The van der Waals surface area contributed by atoms with Crippen LogP contribution in [-0.2, 0) is 12.8 Å². The number of carbonyl (C=O) groups is 1. The van der Waals surface area contributed by atoms with Gasteiger partial charge in [-0.15, -0.1) is 0 Å². The predicted octanol–water partition coefficient (Wildman–Crippen LogP) is 5.06. The van der Waals surface area contributed by atoms with E-state index in [-0.39, 0.29) is 11.9 Å². The molecule has 1 aliphatic rings. The topological polar surface area (TPSA) is 29.1 Å². The van der Waals surface area contributed by atoms with Gasteiger partial charge in [-0.3, -0.25) is 4.79 Å². The van der Waals surface area contributed by atoms with E-state index in [1.165, 1.54) is 40.7 Å². The van der Waals surface area contributed by atoms with E-state index >= 15 is 0 Å². The Morgan fingerprint density at radius 3 is 2.46 bits per heavy atom. The number of benzene rings is 2. The lowest BCUT2D eigenvalue weighted by molar-refractivity contribution is 0.0935. The summed E-state index contributed by atoms with van der Waals surface area (Å²) in [7, 11) is 0. The van der Waals surface area contributed by atoms with E-state index in [9.17, 15) is 4.79 Å². The molecular weight excluding hydrogens is 294 g/mol. The van der Waals surface area contributed by atoms with E-state index in [1.54, 1.807) is 0 Å². The van der Waals surface area contributed by atoms with Gasteiger partial charge in [0, 0.05) is 5.56 Å². The van der Waals surface area contributed by atoms with Gasteiger partial charge in [0.05, 0.1) is 6.04 Å². The number of hydrogen-bond donors (Lipinski definition) is 1. The van der Waals surface area contributed by atoms with Crippen LogP contribution in [0.15, 0.2) is 36.4 Å². The van der Waals surface area contributed by atoms with E-state index < -0.39 is 0 Å². The molecular formula is C22H27NO. The number of fused-ring (bicyclic) bond motifs is 1. The Morgan fingerprint density at radius 2 is 1.75 bits per heavy atom. The van der Waals surface area contributed by atoms with Gasteiger partial charge in [0.25, 0.3) is 5.91 Å². The van der Waals surface area contributed by atoms with Gasteiger partial charge < -0.3 is 5.32 Å². The molecule has 2 aromatic rings. The number of rotatable bonds is 4. The van der Waals surface area contributed by atoms with Crippen molar-refractivity contribution >= 4 is 5.91 Å². The van der Waals surface area contributed by atoms with Crippen LogP contribution in [0.4, 0.5) is 0 Å². The highest BCUT2D eigenvalue weighted by atomic mass is 16.1. The number of amides is 1. The Balaban J connectivity index is 1.78. The normalized spacial score (nSPS) is 14.8. The van der Waals surface area contributed by atoms with Crippen molar-refractivity contribution in [3.05, 3.63) is 69.8 Å². The quantitative estimate of drug-likeness (QED) is 0.837. The second kappa shape index (κ2) is 7.21. The van der Waals surface area contributed by atoms with E-state index in [2.05, 4.69) is 56.4 Å². The van der Waals surface area contributed by atoms with E-state index in [0.29, 0.717) is 0 Å². The van der Waals surface area contributed by atoms with Crippen LogP contribution < -0.4 is 5.32 Å². The number of nitrogens with one attached hydrogen (secondary N) is 1. The van der Waals surface area contributed by atoms with Crippen molar-refractivity contribution in [2.45, 2.75) is 58.9 Å². The van der Waals surface area contributed by atoms with Crippen molar-refractivity contribution in [2.75, 3.05) is 0 Å². The molecule has 0 radical (unpaired) electrons. The summed E-state index contributed by atoms with van der Waals surface area (Å²) < 4.78 is 0. The standard InChI is InChI=1S/C22H27NO/c1-4-21(19-10-9-15(2)16(3)13-19)23-22(24)20-12-11-17-7-5-6-8-18(17)14-20/h9-14,21H,4-8H2,1-3H3,(H,23,24)/t21-/m0/s1. The van der Waals surface area contributed by atoms with Crippen LogP contribution in [-0.4, -0.2) is 5.91 Å². The molecule has 1 N–H and O–H groups in total. The fourth-order valence-electron chi connectivity index (χ4n) is 3.52. The zero-order valence-corrected chi connectivity index (χ0v) is 15.0. The van der Waals surface area contributed by atoms with Gasteiger partial charge in [0.2, 0.25) is 0 Å². The van der Waals surface area contributed by atoms with Gasteiger partial charge in [-0.05, 0) is 85.9 Å². The summed E-state index contributed by atoms with van der Waals surface area (Å²) in [5.41, 5.74) is 7.31. The molecule has 0 aromatic heterocycles. The largest absolute Gasteiger partial charge is 0.345 e. The molecule has 2 nitrogen and oxygen atoms in total. The second-order valence-corrected chi connectivity index (χ2v) is 6.97. The number of carbonyl (C=O) groups excluding carboxylic acids is 1. The molecule has 0 heterocycles. The first-order valence-electron chi connectivity index (χ1n) is 9.08. The molecule has 1 amide bonds. The van der Waals surface area contributed by atoms with Gasteiger partial charge in [-0.25, -0.2) is 0 Å². The third-order valence-corrected chi connectivity index (χ3v) is 5.26. The highest BCUT2D eigenvalue weighted by molar-refractivity contribution is 5.94. The van der Waals surface area contributed by atoms with Crippen LogP contribution in [0.3, 0.4) is 0 Å². The molecule has 1 aliphatic carbocycles. The SMILES string of the molecule is CC[C@H](NC(=O)c1ccc2c(c1)CCCC2)c1ccc(C)c(C)c1. The van der Waals surface area contributed by atoms with Crippen LogP contribution in [0.2, 0.25) is 0 Å². The van der Waals surface area contributed by atoms with E-state index in [0.717, 1.165) is 24.8 Å². The first-order valence-corrected chi connectivity index (χ1v) is 9.08. The molecule has 0 unspecified atom stereocenters. The lowest BCUT2D eigenvalue weighted by atomic mass is 9.90. The molecule has 0 saturated heterocycles. The van der Waals surface area contributed by atoms with Crippen molar-refractivity contribution in [3.8, 4) is 0 Å². The molecule has 126 valence electrons. The maximum Gasteiger partial charge on any atom is 0.251 e. The summed E-state index contributed by atoms with van der Waals surface area (Å²) in [6.07, 6.45) is 5.64. The summed E-state index contributed by atoms with van der Waals surface area (Å²) >= 11 is 0. The van der Waals surface area contributed by atoms with Gasteiger partial charge in [0.1, 0.15) is 0 Å². The summed E-state index contributed by atoms with van der Waals surface area (Å²) in [5, 5.41) is 3.21. The molecule has 2 aromatic carbocycles. The van der Waals surface area contributed by atoms with Crippen LogP contribution in [0.1, 0.15) is 70.4 Å². The van der Waals surface area contributed by atoms with Crippen molar-refractivity contribution in [1.29, 1.82) is 0 Å². The van der Waals surface area contributed by atoms with Crippen molar-refractivity contribution < 1.29 is 4.79 Å². The minimum atomic E-state index is 0.0356. The Hall–Kier alpha value is -2.09. The molecule has 24 heavy (non-hydrogen) atoms. The molecule has 0 bridgehead atoms. The average Bonchev–Trinajstić information content (AvgIpc) is 2.61. The zero-order chi connectivity index (χ0) is 17.1. The number of hydrogen-bond acceptors (Lipinski definition) is 1. The molecule has 0 aliphatic heterocycles. The Labute approximate surface area is 145 Å². The van der Waals surface area contributed by atoms with Gasteiger partial charge >= 0.3 is 0 Å². The second-order valence-electron chi connectivity index (χ2n) is 6.97. The number of aryl methyl sites for hydroxylation is 4. The summed E-state index contributed by atoms with van der Waals surface area (Å²) in [5.74, 6) is 0.0356. The molecule has 3 rings (SSSR count).